The smallest absolute Gasteiger partial charge is 0.0259 e. The van der Waals surface area contributed by atoms with Crippen molar-refractivity contribution < 1.29 is 0 Å². The van der Waals surface area contributed by atoms with Gasteiger partial charge >= 0.3 is 0 Å². The SMILES string of the molecule is CC1=CN=CCC1c1scc(C)c1C.Cl. The summed E-state index contributed by atoms with van der Waals surface area (Å²) in [6.07, 6.45) is 5.07. The van der Waals surface area contributed by atoms with Gasteiger partial charge in [0, 0.05) is 23.2 Å². The van der Waals surface area contributed by atoms with Crippen LogP contribution in [0.4, 0.5) is 0 Å². The third kappa shape index (κ3) is 2.32. The molecular weight excluding hydrogens is 226 g/mol. The zero-order valence-electron chi connectivity index (χ0n) is 9.28. The fourth-order valence-corrected chi connectivity index (χ4v) is 3.06. The number of aryl methyl sites for hydroxylation is 1. The summed E-state index contributed by atoms with van der Waals surface area (Å²) in [4.78, 5) is 5.70. The van der Waals surface area contributed by atoms with Gasteiger partial charge < -0.3 is 0 Å². The van der Waals surface area contributed by atoms with Crippen LogP contribution in [0.15, 0.2) is 22.1 Å². The van der Waals surface area contributed by atoms with Crippen LogP contribution in [0.5, 0.6) is 0 Å². The first-order valence-corrected chi connectivity index (χ1v) is 5.81. The maximum atomic E-state index is 4.19. The lowest BCUT2D eigenvalue weighted by Crippen LogP contribution is -2.04. The van der Waals surface area contributed by atoms with E-state index in [0.29, 0.717) is 5.92 Å². The Balaban J connectivity index is 0.00000112. The van der Waals surface area contributed by atoms with E-state index in [1.807, 2.05) is 23.8 Å². The Morgan fingerprint density at radius 2 is 2.07 bits per heavy atom. The number of nitrogens with zero attached hydrogens (tertiary/aromatic N) is 1. The molecule has 3 heteroatoms. The van der Waals surface area contributed by atoms with E-state index in [4.69, 9.17) is 0 Å². The highest BCUT2D eigenvalue weighted by Crippen LogP contribution is 2.36. The number of aliphatic imine (C=N–C) groups is 1. The summed E-state index contributed by atoms with van der Waals surface area (Å²) in [5.74, 6) is 0.575. The zero-order valence-corrected chi connectivity index (χ0v) is 10.9. The molecule has 0 amide bonds. The van der Waals surface area contributed by atoms with E-state index in [9.17, 15) is 0 Å². The molecule has 0 saturated carbocycles. The number of allylic oxidation sites excluding steroid dienone is 1. The average Bonchev–Trinajstić information content (AvgIpc) is 2.49. The number of hydrogen-bond donors (Lipinski definition) is 0. The van der Waals surface area contributed by atoms with Crippen LogP contribution in [0.25, 0.3) is 0 Å². The number of hydrogen-bond acceptors (Lipinski definition) is 2. The monoisotopic (exact) mass is 241 g/mol. The van der Waals surface area contributed by atoms with Crippen LogP contribution in [0.1, 0.15) is 35.3 Å². The Labute approximate surface area is 101 Å². The molecule has 0 spiro atoms. The zero-order chi connectivity index (χ0) is 10.1. The van der Waals surface area contributed by atoms with Gasteiger partial charge in [0.05, 0.1) is 0 Å². The second kappa shape index (κ2) is 4.95. The van der Waals surface area contributed by atoms with Crippen LogP contribution in [-0.4, -0.2) is 6.21 Å². The van der Waals surface area contributed by atoms with E-state index < -0.39 is 0 Å². The molecule has 82 valence electrons. The molecule has 2 rings (SSSR count). The van der Waals surface area contributed by atoms with Gasteiger partial charge in [-0.25, -0.2) is 0 Å². The summed E-state index contributed by atoms with van der Waals surface area (Å²) in [5.41, 5.74) is 4.26. The molecule has 0 saturated heterocycles. The number of halogens is 1. The maximum Gasteiger partial charge on any atom is 0.0259 e. The minimum Gasteiger partial charge on any atom is -0.269 e. The predicted octanol–water partition coefficient (Wildman–Crippen LogP) is 4.25. The Hall–Kier alpha value is -0.600. The predicted molar refractivity (Wildman–Crippen MR) is 70.6 cm³/mol. The third-order valence-corrected chi connectivity index (χ3v) is 4.23. The van der Waals surface area contributed by atoms with Gasteiger partial charge in [-0.05, 0) is 49.3 Å². The molecular formula is C12H16ClNS. The van der Waals surface area contributed by atoms with Gasteiger partial charge in [0.2, 0.25) is 0 Å². The molecule has 0 N–H and O–H groups in total. The van der Waals surface area contributed by atoms with Crippen molar-refractivity contribution >= 4 is 30.0 Å². The van der Waals surface area contributed by atoms with Crippen molar-refractivity contribution in [2.75, 3.05) is 0 Å². The van der Waals surface area contributed by atoms with Crippen molar-refractivity contribution in [2.45, 2.75) is 33.1 Å². The molecule has 0 aliphatic carbocycles. The molecule has 1 aliphatic rings. The topological polar surface area (TPSA) is 12.4 Å². The molecule has 15 heavy (non-hydrogen) atoms. The standard InChI is InChI=1S/C12H15NS.ClH/c1-8-6-13-5-4-11(8)12-10(3)9(2)7-14-12;/h5-7,11H,4H2,1-3H3;1H. The summed E-state index contributed by atoms with van der Waals surface area (Å²) in [6.45, 7) is 6.58. The first-order chi connectivity index (χ1) is 6.70. The Bertz CT molecular complexity index is 404. The largest absolute Gasteiger partial charge is 0.269 e. The summed E-state index contributed by atoms with van der Waals surface area (Å²) in [7, 11) is 0. The van der Waals surface area contributed by atoms with Crippen molar-refractivity contribution in [3.63, 3.8) is 0 Å². The van der Waals surface area contributed by atoms with Gasteiger partial charge in [-0.2, -0.15) is 0 Å². The second-order valence-corrected chi connectivity index (χ2v) is 4.81. The van der Waals surface area contributed by atoms with E-state index in [0.717, 1.165) is 6.42 Å². The second-order valence-electron chi connectivity index (χ2n) is 3.90. The van der Waals surface area contributed by atoms with E-state index in [2.05, 4.69) is 31.1 Å². The Morgan fingerprint density at radius 1 is 1.33 bits per heavy atom. The highest BCUT2D eigenvalue weighted by atomic mass is 35.5. The molecule has 1 unspecified atom stereocenters. The van der Waals surface area contributed by atoms with Crippen LogP contribution >= 0.6 is 23.7 Å². The quantitative estimate of drug-likeness (QED) is 0.697. The Kier molecular flexibility index (Phi) is 4.12. The lowest BCUT2D eigenvalue weighted by Gasteiger charge is -2.17. The first kappa shape index (κ1) is 12.5. The van der Waals surface area contributed by atoms with Gasteiger partial charge in [-0.3, -0.25) is 4.99 Å². The normalized spacial score (nSPS) is 19.7. The third-order valence-electron chi connectivity index (χ3n) is 2.91. The molecule has 0 radical (unpaired) electrons. The summed E-state index contributed by atoms with van der Waals surface area (Å²) < 4.78 is 0. The molecule has 0 fully saturated rings. The van der Waals surface area contributed by atoms with Crippen LogP contribution in [0.3, 0.4) is 0 Å². The molecule has 1 atom stereocenters. The van der Waals surface area contributed by atoms with E-state index in [-0.39, 0.29) is 12.4 Å². The van der Waals surface area contributed by atoms with Crippen molar-refractivity contribution in [1.82, 2.24) is 0 Å². The molecule has 1 aromatic rings. The van der Waals surface area contributed by atoms with Gasteiger partial charge in [0.25, 0.3) is 0 Å². The minimum absolute atomic E-state index is 0. The fourth-order valence-electron chi connectivity index (χ4n) is 1.79. The first-order valence-electron chi connectivity index (χ1n) is 4.93. The molecule has 0 aromatic carbocycles. The van der Waals surface area contributed by atoms with Crippen LogP contribution in [-0.2, 0) is 0 Å². The van der Waals surface area contributed by atoms with Crippen LogP contribution in [0.2, 0.25) is 0 Å². The summed E-state index contributed by atoms with van der Waals surface area (Å²) >= 11 is 1.88. The van der Waals surface area contributed by atoms with Crippen LogP contribution < -0.4 is 0 Å². The maximum absolute atomic E-state index is 4.19. The van der Waals surface area contributed by atoms with E-state index in [1.165, 1.54) is 21.6 Å². The van der Waals surface area contributed by atoms with Crippen molar-refractivity contribution in [3.05, 3.63) is 33.2 Å². The fraction of sp³-hybridized carbons (Fsp3) is 0.417. The van der Waals surface area contributed by atoms with Crippen molar-refractivity contribution in [1.29, 1.82) is 0 Å². The lowest BCUT2D eigenvalue weighted by molar-refractivity contribution is 0.834. The van der Waals surface area contributed by atoms with Crippen molar-refractivity contribution in [2.24, 2.45) is 4.99 Å². The highest BCUT2D eigenvalue weighted by molar-refractivity contribution is 7.10. The number of thiophene rings is 1. The minimum atomic E-state index is 0. The van der Waals surface area contributed by atoms with Gasteiger partial charge in [-0.15, -0.1) is 23.7 Å². The Morgan fingerprint density at radius 3 is 2.60 bits per heavy atom. The van der Waals surface area contributed by atoms with Crippen LogP contribution in [0, 0.1) is 13.8 Å². The molecule has 2 heterocycles. The van der Waals surface area contributed by atoms with Gasteiger partial charge in [-0.1, -0.05) is 0 Å². The summed E-state index contributed by atoms with van der Waals surface area (Å²) in [6, 6.07) is 0. The van der Waals surface area contributed by atoms with E-state index >= 15 is 0 Å². The molecule has 1 aromatic heterocycles. The van der Waals surface area contributed by atoms with Gasteiger partial charge in [0.15, 0.2) is 0 Å². The molecule has 1 nitrogen and oxygen atoms in total. The summed E-state index contributed by atoms with van der Waals surface area (Å²) in [5, 5.41) is 2.25. The van der Waals surface area contributed by atoms with E-state index in [1.54, 1.807) is 0 Å². The number of rotatable bonds is 1. The average molecular weight is 242 g/mol. The molecule has 0 bridgehead atoms. The highest BCUT2D eigenvalue weighted by Gasteiger charge is 2.19. The van der Waals surface area contributed by atoms with Gasteiger partial charge in [0.1, 0.15) is 0 Å². The lowest BCUT2D eigenvalue weighted by atomic mass is 9.92. The van der Waals surface area contributed by atoms with Crippen molar-refractivity contribution in [3.8, 4) is 0 Å². The molecule has 1 aliphatic heterocycles.